The molecule has 2 fully saturated rings. The highest BCUT2D eigenvalue weighted by atomic mass is 35.5. The maximum Gasteiger partial charge on any atom is 0.284 e. The molecule has 1 aromatic rings. The van der Waals surface area contributed by atoms with Crippen LogP contribution in [0.5, 0.6) is 0 Å². The highest BCUT2D eigenvalue weighted by Gasteiger charge is 2.34. The summed E-state index contributed by atoms with van der Waals surface area (Å²) in [5.74, 6) is -0.782. The summed E-state index contributed by atoms with van der Waals surface area (Å²) >= 11 is 0. The molecule has 1 saturated carbocycles. The summed E-state index contributed by atoms with van der Waals surface area (Å²) in [7, 11) is -3.85. The Morgan fingerprint density at radius 3 is 2.33 bits per heavy atom. The van der Waals surface area contributed by atoms with Gasteiger partial charge in [-0.3, -0.25) is 9.59 Å². The van der Waals surface area contributed by atoms with Gasteiger partial charge in [0.2, 0.25) is 11.0 Å². The summed E-state index contributed by atoms with van der Waals surface area (Å²) in [5.41, 5.74) is 11.1. The molecule has 0 radical (unpaired) electrons. The minimum absolute atomic E-state index is 0. The van der Waals surface area contributed by atoms with Crippen molar-refractivity contribution in [2.24, 2.45) is 17.4 Å². The molecular weight excluding hydrogens is 396 g/mol. The first-order valence-corrected chi connectivity index (χ1v) is 10.2. The smallest absolute Gasteiger partial charge is 0.284 e. The first kappa shape index (κ1) is 21.7. The fourth-order valence-electron chi connectivity index (χ4n) is 3.57. The van der Waals surface area contributed by atoms with Crippen LogP contribution in [0.15, 0.2) is 21.6 Å². The molecule has 1 aliphatic carbocycles. The molecule has 27 heavy (non-hydrogen) atoms. The molecule has 0 bridgehead atoms. The molecular formula is C16H25ClN4O5S. The van der Waals surface area contributed by atoms with E-state index in [1.807, 2.05) is 0 Å². The van der Waals surface area contributed by atoms with Crippen molar-refractivity contribution < 1.29 is 22.4 Å². The fourth-order valence-corrected chi connectivity index (χ4v) is 4.90. The van der Waals surface area contributed by atoms with Gasteiger partial charge in [0, 0.05) is 38.6 Å². The van der Waals surface area contributed by atoms with Gasteiger partial charge in [0.1, 0.15) is 0 Å². The maximum atomic E-state index is 12.6. The summed E-state index contributed by atoms with van der Waals surface area (Å²) < 4.78 is 31.5. The van der Waals surface area contributed by atoms with Gasteiger partial charge in [0.05, 0.1) is 0 Å². The third-order valence-electron chi connectivity index (χ3n) is 5.16. The van der Waals surface area contributed by atoms with E-state index in [0.717, 1.165) is 19.3 Å². The second-order valence-electron chi connectivity index (χ2n) is 6.83. The molecule has 2 atom stereocenters. The van der Waals surface area contributed by atoms with Crippen LogP contribution in [0.25, 0.3) is 0 Å². The van der Waals surface area contributed by atoms with E-state index < -0.39 is 15.9 Å². The maximum absolute atomic E-state index is 12.6. The van der Waals surface area contributed by atoms with Crippen LogP contribution in [0, 0.1) is 5.92 Å². The zero-order valence-electron chi connectivity index (χ0n) is 14.9. The summed E-state index contributed by atoms with van der Waals surface area (Å²) in [4.78, 5) is 25.2. The Bertz CT molecular complexity index is 788. The van der Waals surface area contributed by atoms with Crippen LogP contribution in [-0.2, 0) is 14.8 Å². The Hall–Kier alpha value is -1.62. The van der Waals surface area contributed by atoms with Crippen molar-refractivity contribution in [1.29, 1.82) is 0 Å². The molecule has 0 spiro atoms. The molecule has 0 unspecified atom stereocenters. The minimum atomic E-state index is -3.85. The molecule has 1 saturated heterocycles. The van der Waals surface area contributed by atoms with E-state index in [1.165, 1.54) is 16.4 Å². The van der Waals surface area contributed by atoms with E-state index in [-0.39, 0.29) is 54.2 Å². The molecule has 4 N–H and O–H groups in total. The molecule has 0 aromatic carbocycles. The zero-order chi connectivity index (χ0) is 18.9. The minimum Gasteiger partial charge on any atom is -0.438 e. The van der Waals surface area contributed by atoms with Crippen LogP contribution in [0.1, 0.15) is 36.2 Å². The van der Waals surface area contributed by atoms with E-state index in [9.17, 15) is 18.0 Å². The van der Waals surface area contributed by atoms with Crippen molar-refractivity contribution in [3.8, 4) is 0 Å². The Kier molecular flexibility index (Phi) is 6.90. The number of halogens is 1. The third kappa shape index (κ3) is 4.63. The number of nitrogens with two attached hydrogens (primary N) is 2. The number of primary amides is 1. The van der Waals surface area contributed by atoms with Crippen LogP contribution in [-0.4, -0.2) is 61.7 Å². The topological polar surface area (TPSA) is 140 Å². The van der Waals surface area contributed by atoms with Gasteiger partial charge in [0.25, 0.3) is 15.9 Å². The molecule has 1 aromatic heterocycles. The second kappa shape index (κ2) is 8.59. The Balaban J connectivity index is 0.00000261. The highest BCUT2D eigenvalue weighted by Crippen LogP contribution is 2.28. The first-order valence-electron chi connectivity index (χ1n) is 8.72. The number of hydrogen-bond donors (Lipinski definition) is 2. The lowest BCUT2D eigenvalue weighted by Gasteiger charge is -2.34. The van der Waals surface area contributed by atoms with E-state index in [0.29, 0.717) is 19.5 Å². The molecule has 3 rings (SSSR count). The van der Waals surface area contributed by atoms with Gasteiger partial charge < -0.3 is 20.8 Å². The SMILES string of the molecule is Cl.NC(=O)c1ccc(S(=O)(=O)N2CCN(C(=O)C[C@@H]3CCC[C@H]3N)CC2)o1. The number of piperazine rings is 1. The lowest BCUT2D eigenvalue weighted by molar-refractivity contribution is -0.133. The van der Waals surface area contributed by atoms with Gasteiger partial charge >= 0.3 is 0 Å². The average molecular weight is 421 g/mol. The summed E-state index contributed by atoms with van der Waals surface area (Å²) in [6.07, 6.45) is 3.41. The third-order valence-corrected chi connectivity index (χ3v) is 6.94. The Morgan fingerprint density at radius 2 is 1.81 bits per heavy atom. The van der Waals surface area contributed by atoms with E-state index in [1.54, 1.807) is 4.90 Å². The normalized spacial score (nSPS) is 23.8. The van der Waals surface area contributed by atoms with E-state index in [4.69, 9.17) is 15.9 Å². The lowest BCUT2D eigenvalue weighted by atomic mass is 9.99. The fraction of sp³-hybridized carbons (Fsp3) is 0.625. The van der Waals surface area contributed by atoms with Gasteiger partial charge in [-0.25, -0.2) is 8.42 Å². The Morgan fingerprint density at radius 1 is 1.15 bits per heavy atom. The summed E-state index contributed by atoms with van der Waals surface area (Å²) in [6, 6.07) is 2.54. The van der Waals surface area contributed by atoms with Crippen LogP contribution in [0.4, 0.5) is 0 Å². The lowest BCUT2D eigenvalue weighted by Crippen LogP contribution is -2.51. The molecule has 2 amide bonds. The first-order chi connectivity index (χ1) is 12.3. The molecule has 1 aliphatic heterocycles. The predicted molar refractivity (Wildman–Crippen MR) is 99.7 cm³/mol. The van der Waals surface area contributed by atoms with Gasteiger partial charge in [-0.05, 0) is 30.9 Å². The quantitative estimate of drug-likeness (QED) is 0.694. The van der Waals surface area contributed by atoms with E-state index in [2.05, 4.69) is 0 Å². The van der Waals surface area contributed by atoms with Crippen LogP contribution >= 0.6 is 12.4 Å². The van der Waals surface area contributed by atoms with Crippen LogP contribution in [0.3, 0.4) is 0 Å². The van der Waals surface area contributed by atoms with Crippen molar-refractivity contribution in [3.05, 3.63) is 17.9 Å². The number of sulfonamides is 1. The molecule has 11 heteroatoms. The monoisotopic (exact) mass is 420 g/mol. The van der Waals surface area contributed by atoms with Gasteiger partial charge in [-0.1, -0.05) is 6.42 Å². The molecule has 2 aliphatic rings. The highest BCUT2D eigenvalue weighted by molar-refractivity contribution is 7.89. The van der Waals surface area contributed by atoms with Crippen molar-refractivity contribution in [1.82, 2.24) is 9.21 Å². The number of carbonyl (C=O) groups excluding carboxylic acids is 2. The van der Waals surface area contributed by atoms with Gasteiger partial charge in [0.15, 0.2) is 5.76 Å². The molecule has 152 valence electrons. The van der Waals surface area contributed by atoms with Crippen LogP contribution in [0.2, 0.25) is 0 Å². The number of rotatable bonds is 5. The number of hydrogen-bond acceptors (Lipinski definition) is 6. The number of carbonyl (C=O) groups is 2. The average Bonchev–Trinajstić information content (AvgIpc) is 3.25. The molecule has 2 heterocycles. The van der Waals surface area contributed by atoms with Crippen molar-refractivity contribution >= 4 is 34.2 Å². The summed E-state index contributed by atoms with van der Waals surface area (Å²) in [5, 5.41) is -0.317. The van der Waals surface area contributed by atoms with Crippen molar-refractivity contribution in [2.45, 2.75) is 36.8 Å². The molecule has 9 nitrogen and oxygen atoms in total. The van der Waals surface area contributed by atoms with E-state index >= 15 is 0 Å². The van der Waals surface area contributed by atoms with Crippen molar-refractivity contribution in [2.75, 3.05) is 26.2 Å². The number of amides is 2. The predicted octanol–water partition coefficient (Wildman–Crippen LogP) is 0.151. The number of nitrogens with zero attached hydrogens (tertiary/aromatic N) is 2. The van der Waals surface area contributed by atoms with Crippen LogP contribution < -0.4 is 11.5 Å². The van der Waals surface area contributed by atoms with Crippen molar-refractivity contribution in [3.63, 3.8) is 0 Å². The second-order valence-corrected chi connectivity index (χ2v) is 8.70. The standard InChI is InChI=1S/C16H24N4O5S.ClH/c17-12-3-1-2-11(12)10-14(21)19-6-8-20(9-7-19)26(23,24)15-5-4-13(25-15)16(18)22;/h4-5,11-12H,1-3,6-10,17H2,(H2,18,22);1H/t11-,12+;/m0./s1. The largest absolute Gasteiger partial charge is 0.438 e. The Labute approximate surface area is 164 Å². The summed E-state index contributed by atoms with van der Waals surface area (Å²) in [6.45, 7) is 1.00. The van der Waals surface area contributed by atoms with Gasteiger partial charge in [-0.15, -0.1) is 12.4 Å². The van der Waals surface area contributed by atoms with Gasteiger partial charge in [-0.2, -0.15) is 4.31 Å². The number of furan rings is 1. The zero-order valence-corrected chi connectivity index (χ0v) is 16.5.